The molecular formula is C16H19BrN2O3. The summed E-state index contributed by atoms with van der Waals surface area (Å²) in [5, 5.41) is 2.92. The monoisotopic (exact) mass is 366 g/mol. The molecule has 2 aliphatic rings. The first-order valence-corrected chi connectivity index (χ1v) is 8.38. The number of carbonyl (C=O) groups excluding carboxylic acids is 2. The summed E-state index contributed by atoms with van der Waals surface area (Å²) in [6.07, 6.45) is 2.44. The number of carbonyl (C=O) groups is 2. The zero-order valence-corrected chi connectivity index (χ0v) is 13.8. The zero-order valence-electron chi connectivity index (χ0n) is 12.3. The van der Waals surface area contributed by atoms with Gasteiger partial charge in [0.15, 0.2) is 0 Å². The van der Waals surface area contributed by atoms with Crippen molar-refractivity contribution < 1.29 is 14.3 Å². The third kappa shape index (κ3) is 3.50. The normalized spacial score (nSPS) is 24.8. The molecular weight excluding hydrogens is 348 g/mol. The minimum absolute atomic E-state index is 0.00429. The lowest BCUT2D eigenvalue weighted by Crippen LogP contribution is -2.37. The van der Waals surface area contributed by atoms with Gasteiger partial charge < -0.3 is 15.0 Å². The van der Waals surface area contributed by atoms with E-state index in [9.17, 15) is 9.59 Å². The summed E-state index contributed by atoms with van der Waals surface area (Å²) in [7, 11) is 0. The maximum atomic E-state index is 12.2. The molecule has 22 heavy (non-hydrogen) atoms. The van der Waals surface area contributed by atoms with Gasteiger partial charge in [-0.15, -0.1) is 0 Å². The maximum Gasteiger partial charge on any atom is 0.227 e. The second-order valence-electron chi connectivity index (χ2n) is 5.77. The summed E-state index contributed by atoms with van der Waals surface area (Å²) in [4.78, 5) is 26.1. The lowest BCUT2D eigenvalue weighted by Gasteiger charge is -2.17. The molecule has 0 aliphatic carbocycles. The Labute approximate surface area is 138 Å². The minimum Gasteiger partial charge on any atom is -0.376 e. The van der Waals surface area contributed by atoms with Crippen LogP contribution >= 0.6 is 15.9 Å². The highest BCUT2D eigenvalue weighted by Crippen LogP contribution is 2.27. The summed E-state index contributed by atoms with van der Waals surface area (Å²) in [5.74, 6) is -0.343. The van der Waals surface area contributed by atoms with E-state index in [1.54, 1.807) is 4.90 Å². The Hall–Kier alpha value is -1.40. The van der Waals surface area contributed by atoms with Crippen LogP contribution in [0.25, 0.3) is 0 Å². The lowest BCUT2D eigenvalue weighted by molar-refractivity contribution is -0.126. The fraction of sp³-hybridized carbons (Fsp3) is 0.500. The predicted molar refractivity (Wildman–Crippen MR) is 86.6 cm³/mol. The van der Waals surface area contributed by atoms with Gasteiger partial charge in [-0.05, 0) is 31.0 Å². The van der Waals surface area contributed by atoms with Gasteiger partial charge in [0, 0.05) is 36.3 Å². The molecule has 2 heterocycles. The van der Waals surface area contributed by atoms with Crippen molar-refractivity contribution in [3.8, 4) is 0 Å². The van der Waals surface area contributed by atoms with Gasteiger partial charge in [-0.2, -0.15) is 0 Å². The van der Waals surface area contributed by atoms with Crippen LogP contribution in [0.5, 0.6) is 0 Å². The van der Waals surface area contributed by atoms with Crippen LogP contribution in [-0.2, 0) is 14.3 Å². The summed E-state index contributed by atoms with van der Waals surface area (Å²) in [6, 6.07) is 7.58. The second-order valence-corrected chi connectivity index (χ2v) is 6.68. The highest BCUT2D eigenvalue weighted by molar-refractivity contribution is 9.10. The molecule has 1 aromatic carbocycles. The summed E-state index contributed by atoms with van der Waals surface area (Å²) in [6.45, 7) is 1.76. The Morgan fingerprint density at radius 2 is 2.32 bits per heavy atom. The molecule has 2 amide bonds. The van der Waals surface area contributed by atoms with E-state index in [0.29, 0.717) is 13.1 Å². The van der Waals surface area contributed by atoms with Gasteiger partial charge in [-0.25, -0.2) is 0 Å². The Morgan fingerprint density at radius 3 is 3.05 bits per heavy atom. The number of halogens is 1. The average Bonchev–Trinajstić information content (AvgIpc) is 3.14. The van der Waals surface area contributed by atoms with Crippen LogP contribution in [0.2, 0.25) is 0 Å². The molecule has 0 saturated carbocycles. The Bertz CT molecular complexity index is 572. The molecule has 5 nitrogen and oxygen atoms in total. The number of ether oxygens (including phenoxy) is 1. The van der Waals surface area contributed by atoms with Crippen molar-refractivity contribution in [2.75, 3.05) is 24.6 Å². The van der Waals surface area contributed by atoms with E-state index in [4.69, 9.17) is 4.74 Å². The first kappa shape index (κ1) is 15.5. The smallest absolute Gasteiger partial charge is 0.227 e. The molecule has 118 valence electrons. The third-order valence-corrected chi connectivity index (χ3v) is 4.64. The van der Waals surface area contributed by atoms with E-state index < -0.39 is 0 Å². The molecule has 6 heteroatoms. The van der Waals surface area contributed by atoms with Crippen LogP contribution in [0, 0.1) is 5.92 Å². The van der Waals surface area contributed by atoms with Crippen molar-refractivity contribution in [3.63, 3.8) is 0 Å². The third-order valence-electron chi connectivity index (χ3n) is 4.14. The van der Waals surface area contributed by atoms with Gasteiger partial charge in [0.05, 0.1) is 12.0 Å². The van der Waals surface area contributed by atoms with Gasteiger partial charge in [-0.1, -0.05) is 22.0 Å². The highest BCUT2D eigenvalue weighted by atomic mass is 79.9. The van der Waals surface area contributed by atoms with Crippen LogP contribution in [0.15, 0.2) is 28.7 Å². The molecule has 0 aromatic heterocycles. The Morgan fingerprint density at radius 1 is 1.45 bits per heavy atom. The van der Waals surface area contributed by atoms with E-state index in [1.807, 2.05) is 24.3 Å². The van der Waals surface area contributed by atoms with Gasteiger partial charge in [0.25, 0.3) is 0 Å². The van der Waals surface area contributed by atoms with Crippen molar-refractivity contribution in [2.45, 2.75) is 25.4 Å². The van der Waals surface area contributed by atoms with Crippen LogP contribution < -0.4 is 10.2 Å². The Balaban J connectivity index is 1.57. The average molecular weight is 367 g/mol. The molecule has 3 rings (SSSR count). The van der Waals surface area contributed by atoms with Crippen LogP contribution in [0.4, 0.5) is 5.69 Å². The van der Waals surface area contributed by atoms with Crippen LogP contribution in [0.1, 0.15) is 19.3 Å². The number of rotatable bonds is 4. The number of nitrogens with zero attached hydrogens (tertiary/aromatic N) is 1. The van der Waals surface area contributed by atoms with E-state index in [-0.39, 0.29) is 30.3 Å². The number of nitrogens with one attached hydrogen (secondary N) is 1. The number of hydrogen-bond donors (Lipinski definition) is 1. The Kier molecular flexibility index (Phi) is 4.78. The molecule has 0 bridgehead atoms. The topological polar surface area (TPSA) is 58.6 Å². The van der Waals surface area contributed by atoms with Crippen molar-refractivity contribution >= 4 is 33.4 Å². The van der Waals surface area contributed by atoms with Gasteiger partial charge in [0.1, 0.15) is 0 Å². The van der Waals surface area contributed by atoms with Crippen molar-refractivity contribution in [3.05, 3.63) is 28.7 Å². The SMILES string of the molecule is O=C(NC[C@@H]1CCCO1)[C@@H]1CC(=O)N(c2cccc(Br)c2)C1. The maximum absolute atomic E-state index is 12.2. The fourth-order valence-electron chi connectivity index (χ4n) is 2.94. The van der Waals surface area contributed by atoms with E-state index >= 15 is 0 Å². The molecule has 2 aliphatic heterocycles. The molecule has 0 unspecified atom stereocenters. The van der Waals surface area contributed by atoms with Crippen LogP contribution in [0.3, 0.4) is 0 Å². The van der Waals surface area contributed by atoms with Gasteiger partial charge in [0.2, 0.25) is 11.8 Å². The number of benzene rings is 1. The minimum atomic E-state index is -0.284. The van der Waals surface area contributed by atoms with E-state index in [1.165, 1.54) is 0 Å². The molecule has 0 radical (unpaired) electrons. The van der Waals surface area contributed by atoms with Gasteiger partial charge in [-0.3, -0.25) is 9.59 Å². The highest BCUT2D eigenvalue weighted by Gasteiger charge is 2.35. The first-order chi connectivity index (χ1) is 10.6. The largest absolute Gasteiger partial charge is 0.376 e. The van der Waals surface area contributed by atoms with E-state index in [2.05, 4.69) is 21.2 Å². The fourth-order valence-corrected chi connectivity index (χ4v) is 3.33. The molecule has 2 atom stereocenters. The van der Waals surface area contributed by atoms with E-state index in [0.717, 1.165) is 29.6 Å². The van der Waals surface area contributed by atoms with Crippen LogP contribution in [-0.4, -0.2) is 37.6 Å². The molecule has 2 fully saturated rings. The van der Waals surface area contributed by atoms with Crippen molar-refractivity contribution in [1.82, 2.24) is 5.32 Å². The first-order valence-electron chi connectivity index (χ1n) is 7.59. The quantitative estimate of drug-likeness (QED) is 0.887. The number of anilines is 1. The summed E-state index contributed by atoms with van der Waals surface area (Å²) >= 11 is 3.40. The second kappa shape index (κ2) is 6.79. The number of amides is 2. The molecule has 2 saturated heterocycles. The molecule has 0 spiro atoms. The summed E-state index contributed by atoms with van der Waals surface area (Å²) in [5.41, 5.74) is 0.828. The molecule has 1 aromatic rings. The standard InChI is InChI=1S/C16H19BrN2O3/c17-12-3-1-4-13(8-12)19-10-11(7-15(19)20)16(21)18-9-14-5-2-6-22-14/h1,3-4,8,11,14H,2,5-7,9-10H2,(H,18,21)/t11-,14+/m1/s1. The number of hydrogen-bond acceptors (Lipinski definition) is 3. The lowest BCUT2D eigenvalue weighted by atomic mass is 10.1. The van der Waals surface area contributed by atoms with Crippen molar-refractivity contribution in [2.24, 2.45) is 5.92 Å². The molecule has 1 N–H and O–H groups in total. The summed E-state index contributed by atoms with van der Waals surface area (Å²) < 4.78 is 6.41. The van der Waals surface area contributed by atoms with Crippen molar-refractivity contribution in [1.29, 1.82) is 0 Å². The predicted octanol–water partition coefficient (Wildman–Crippen LogP) is 2.10. The van der Waals surface area contributed by atoms with Gasteiger partial charge >= 0.3 is 0 Å². The zero-order chi connectivity index (χ0) is 15.5.